The van der Waals surface area contributed by atoms with Crippen molar-refractivity contribution in [1.82, 2.24) is 0 Å². The summed E-state index contributed by atoms with van der Waals surface area (Å²) < 4.78 is 10.5. The molecule has 0 atom stereocenters. The van der Waals surface area contributed by atoms with E-state index in [0.717, 1.165) is 17.5 Å². The van der Waals surface area contributed by atoms with Gasteiger partial charge in [-0.15, -0.1) is 0 Å². The molecule has 0 amide bonds. The molecule has 0 aromatic heterocycles. The van der Waals surface area contributed by atoms with E-state index in [2.05, 4.69) is 28.1 Å². The number of ether oxygens (including phenoxy) is 2. The van der Waals surface area contributed by atoms with Crippen molar-refractivity contribution in [2.45, 2.75) is 51.4 Å². The van der Waals surface area contributed by atoms with Crippen LogP contribution in [0.5, 0.6) is 5.75 Å². The van der Waals surface area contributed by atoms with Gasteiger partial charge in [0.1, 0.15) is 5.75 Å². The Labute approximate surface area is 132 Å². The Morgan fingerprint density at radius 3 is 2.25 bits per heavy atom. The molecule has 1 aromatic rings. The van der Waals surface area contributed by atoms with Crippen LogP contribution in [0.1, 0.15) is 50.5 Å². The smallest absolute Gasteiger partial charge is 0.188 e. The first-order valence-corrected chi connectivity index (χ1v) is 8.76. The zero-order valence-electron chi connectivity index (χ0n) is 12.6. The van der Waals surface area contributed by atoms with Crippen LogP contribution in [0.2, 0.25) is 0 Å². The molecule has 20 heavy (non-hydrogen) atoms. The predicted octanol–water partition coefficient (Wildman–Crippen LogP) is 5.34. The Hall–Kier alpha value is -0.540. The quantitative estimate of drug-likeness (QED) is 0.290. The maximum Gasteiger partial charge on any atom is 0.188 e. The lowest BCUT2D eigenvalue weighted by Gasteiger charge is -2.10. The predicted molar refractivity (Wildman–Crippen MR) is 88.8 cm³/mol. The van der Waals surface area contributed by atoms with Gasteiger partial charge >= 0.3 is 0 Å². The highest BCUT2D eigenvalue weighted by molar-refractivity contribution is 9.09. The average molecular weight is 343 g/mol. The van der Waals surface area contributed by atoms with Gasteiger partial charge in [0.25, 0.3) is 0 Å². The highest BCUT2D eigenvalue weighted by Crippen LogP contribution is 2.20. The minimum Gasteiger partial charge on any atom is -0.467 e. The summed E-state index contributed by atoms with van der Waals surface area (Å²) in [5.74, 6) is 0.965. The summed E-state index contributed by atoms with van der Waals surface area (Å²) in [6.07, 6.45) is 10.4. The Kier molecular flexibility index (Phi) is 10.7. The van der Waals surface area contributed by atoms with E-state index < -0.39 is 0 Å². The first kappa shape index (κ1) is 17.5. The van der Waals surface area contributed by atoms with E-state index in [1.54, 1.807) is 7.11 Å². The molecule has 1 aromatic carbocycles. The van der Waals surface area contributed by atoms with Gasteiger partial charge in [-0.25, -0.2) is 0 Å². The van der Waals surface area contributed by atoms with Crippen LogP contribution in [0.4, 0.5) is 0 Å². The van der Waals surface area contributed by atoms with Gasteiger partial charge in [0.15, 0.2) is 6.79 Å². The van der Waals surface area contributed by atoms with Crippen LogP contribution in [-0.2, 0) is 11.2 Å². The summed E-state index contributed by atoms with van der Waals surface area (Å²) >= 11 is 3.47. The van der Waals surface area contributed by atoms with Gasteiger partial charge in [0.2, 0.25) is 0 Å². The molecule has 0 N–H and O–H groups in total. The van der Waals surface area contributed by atoms with Gasteiger partial charge in [-0.2, -0.15) is 0 Å². The van der Waals surface area contributed by atoms with E-state index >= 15 is 0 Å². The van der Waals surface area contributed by atoms with E-state index in [1.807, 2.05) is 12.1 Å². The second-order valence-corrected chi connectivity index (χ2v) is 5.87. The Bertz CT molecular complexity index is 342. The van der Waals surface area contributed by atoms with Crippen LogP contribution >= 0.6 is 15.9 Å². The second kappa shape index (κ2) is 12.2. The molecular weight excluding hydrogens is 316 g/mol. The number of methoxy groups -OCH3 is 1. The van der Waals surface area contributed by atoms with Gasteiger partial charge in [-0.3, -0.25) is 0 Å². The lowest BCUT2D eigenvalue weighted by molar-refractivity contribution is 0.0504. The summed E-state index contributed by atoms with van der Waals surface area (Å²) in [5.41, 5.74) is 1.30. The number of halogens is 1. The van der Waals surface area contributed by atoms with E-state index in [-0.39, 0.29) is 0 Å². The topological polar surface area (TPSA) is 18.5 Å². The number of hydrogen-bond donors (Lipinski definition) is 0. The Morgan fingerprint density at radius 2 is 1.55 bits per heavy atom. The fraction of sp³-hybridized carbons (Fsp3) is 0.647. The molecular formula is C17H27BrO2. The van der Waals surface area contributed by atoms with Crippen molar-refractivity contribution >= 4 is 15.9 Å². The third-order valence-electron chi connectivity index (χ3n) is 3.38. The summed E-state index contributed by atoms with van der Waals surface area (Å²) in [6, 6.07) is 8.27. The molecule has 114 valence electrons. The molecule has 0 aliphatic rings. The number of rotatable bonds is 12. The molecule has 3 heteroatoms. The van der Waals surface area contributed by atoms with E-state index in [0.29, 0.717) is 6.79 Å². The molecule has 0 bridgehead atoms. The van der Waals surface area contributed by atoms with Gasteiger partial charge < -0.3 is 9.47 Å². The maximum absolute atomic E-state index is 5.58. The fourth-order valence-electron chi connectivity index (χ4n) is 2.27. The Morgan fingerprint density at radius 1 is 0.900 bits per heavy atom. The lowest BCUT2D eigenvalue weighted by Crippen LogP contribution is -2.01. The van der Waals surface area contributed by atoms with Crippen LogP contribution in [0.25, 0.3) is 0 Å². The molecule has 0 saturated carbocycles. The fourth-order valence-corrected chi connectivity index (χ4v) is 2.66. The minimum atomic E-state index is 0.324. The third kappa shape index (κ3) is 7.91. The SMILES string of the molecule is COCOc1ccccc1CCCCCCCCCBr. The lowest BCUT2D eigenvalue weighted by atomic mass is 10.0. The molecule has 0 radical (unpaired) electrons. The Balaban J connectivity index is 2.15. The first-order valence-electron chi connectivity index (χ1n) is 7.64. The normalized spacial score (nSPS) is 10.7. The van der Waals surface area contributed by atoms with Gasteiger partial charge in [-0.1, -0.05) is 66.2 Å². The van der Waals surface area contributed by atoms with Gasteiger partial charge in [-0.05, 0) is 30.9 Å². The van der Waals surface area contributed by atoms with Gasteiger partial charge in [0, 0.05) is 12.4 Å². The summed E-state index contributed by atoms with van der Waals surface area (Å²) in [6.45, 7) is 0.324. The highest BCUT2D eigenvalue weighted by atomic mass is 79.9. The third-order valence-corrected chi connectivity index (χ3v) is 3.95. The average Bonchev–Trinajstić information content (AvgIpc) is 2.49. The molecule has 0 aliphatic carbocycles. The number of alkyl halides is 1. The molecule has 0 spiro atoms. The van der Waals surface area contributed by atoms with Crippen molar-refractivity contribution in [1.29, 1.82) is 0 Å². The van der Waals surface area contributed by atoms with E-state index in [4.69, 9.17) is 9.47 Å². The minimum absolute atomic E-state index is 0.324. The van der Waals surface area contributed by atoms with Crippen LogP contribution in [0.3, 0.4) is 0 Å². The zero-order valence-corrected chi connectivity index (χ0v) is 14.2. The van der Waals surface area contributed by atoms with E-state index in [9.17, 15) is 0 Å². The van der Waals surface area contributed by atoms with E-state index in [1.165, 1.54) is 50.5 Å². The van der Waals surface area contributed by atoms with Crippen molar-refractivity contribution in [2.24, 2.45) is 0 Å². The van der Waals surface area contributed by atoms with Crippen molar-refractivity contribution < 1.29 is 9.47 Å². The van der Waals surface area contributed by atoms with Crippen LogP contribution in [-0.4, -0.2) is 19.2 Å². The number of aryl methyl sites for hydroxylation is 1. The van der Waals surface area contributed by atoms with Crippen LogP contribution < -0.4 is 4.74 Å². The number of unbranched alkanes of at least 4 members (excludes halogenated alkanes) is 6. The molecule has 1 rings (SSSR count). The van der Waals surface area contributed by atoms with Crippen molar-refractivity contribution in [2.75, 3.05) is 19.2 Å². The molecule has 2 nitrogen and oxygen atoms in total. The highest BCUT2D eigenvalue weighted by Gasteiger charge is 2.02. The second-order valence-electron chi connectivity index (χ2n) is 5.07. The van der Waals surface area contributed by atoms with Crippen molar-refractivity contribution in [3.05, 3.63) is 29.8 Å². The van der Waals surface area contributed by atoms with Gasteiger partial charge in [0.05, 0.1) is 0 Å². The van der Waals surface area contributed by atoms with Crippen LogP contribution in [0.15, 0.2) is 24.3 Å². The number of para-hydroxylation sites is 1. The van der Waals surface area contributed by atoms with Crippen molar-refractivity contribution in [3.63, 3.8) is 0 Å². The summed E-state index contributed by atoms with van der Waals surface area (Å²) in [5, 5.41) is 1.14. The van der Waals surface area contributed by atoms with Crippen molar-refractivity contribution in [3.8, 4) is 5.75 Å². The monoisotopic (exact) mass is 342 g/mol. The molecule has 0 heterocycles. The largest absolute Gasteiger partial charge is 0.467 e. The number of benzene rings is 1. The number of hydrogen-bond acceptors (Lipinski definition) is 2. The van der Waals surface area contributed by atoms with Crippen LogP contribution in [0, 0.1) is 0 Å². The molecule has 0 fully saturated rings. The zero-order chi connectivity index (χ0) is 14.5. The standard InChI is InChI=1S/C17H27BrO2/c1-19-15-20-17-13-9-8-12-16(17)11-7-5-3-2-4-6-10-14-18/h8-9,12-13H,2-7,10-11,14-15H2,1H3. The summed E-state index contributed by atoms with van der Waals surface area (Å²) in [7, 11) is 1.65. The summed E-state index contributed by atoms with van der Waals surface area (Å²) in [4.78, 5) is 0. The first-order chi connectivity index (χ1) is 9.88. The molecule has 0 aliphatic heterocycles. The molecule has 0 unspecified atom stereocenters. The maximum atomic E-state index is 5.58. The molecule has 0 saturated heterocycles.